The normalized spacial score (nSPS) is 16.8. The van der Waals surface area contributed by atoms with Crippen molar-refractivity contribution < 1.29 is 17.6 Å². The van der Waals surface area contributed by atoms with Crippen LogP contribution in [0, 0.1) is 5.82 Å². The third kappa shape index (κ3) is 7.39. The Labute approximate surface area is 156 Å². The van der Waals surface area contributed by atoms with Crippen molar-refractivity contribution in [1.29, 1.82) is 0 Å². The zero-order chi connectivity index (χ0) is 18.4. The number of piperazine rings is 1. The number of benzene rings is 1. The van der Waals surface area contributed by atoms with Crippen LogP contribution in [0.15, 0.2) is 22.7 Å². The van der Waals surface area contributed by atoms with E-state index in [0.717, 1.165) is 36.9 Å². The maximum atomic E-state index is 13.9. The lowest BCUT2D eigenvalue weighted by Gasteiger charge is -2.34. The zero-order valence-corrected chi connectivity index (χ0v) is 16.6. The summed E-state index contributed by atoms with van der Waals surface area (Å²) in [5.74, 6) is -0.441. The fourth-order valence-corrected chi connectivity index (χ4v) is 3.44. The molecular weight excluding hydrogens is 413 g/mol. The molecule has 140 valence electrons. The highest BCUT2D eigenvalue weighted by Gasteiger charge is 2.20. The molecule has 2 rings (SSSR count). The number of hydrogen-bond acceptors (Lipinski definition) is 5. The van der Waals surface area contributed by atoms with Gasteiger partial charge in [-0.2, -0.15) is 0 Å². The molecule has 1 aromatic carbocycles. The van der Waals surface area contributed by atoms with Gasteiger partial charge in [-0.1, -0.05) is 22.0 Å². The van der Waals surface area contributed by atoms with Gasteiger partial charge in [0, 0.05) is 55.6 Å². The smallest absolute Gasteiger partial charge is 0.234 e. The molecule has 0 spiro atoms. The van der Waals surface area contributed by atoms with Crippen molar-refractivity contribution in [2.75, 3.05) is 51.3 Å². The van der Waals surface area contributed by atoms with Gasteiger partial charge in [0.2, 0.25) is 5.91 Å². The lowest BCUT2D eigenvalue weighted by molar-refractivity contribution is -0.122. The van der Waals surface area contributed by atoms with Crippen LogP contribution in [0.1, 0.15) is 5.56 Å². The maximum Gasteiger partial charge on any atom is 0.234 e. The number of rotatable bonds is 7. The molecule has 1 aliphatic rings. The summed E-state index contributed by atoms with van der Waals surface area (Å²) in [5, 5.41) is 2.62. The molecule has 1 N–H and O–H groups in total. The second-order valence-electron chi connectivity index (χ2n) is 6.27. The van der Waals surface area contributed by atoms with Gasteiger partial charge in [-0.15, -0.1) is 0 Å². The summed E-state index contributed by atoms with van der Waals surface area (Å²) in [6, 6.07) is 5.07. The predicted octanol–water partition coefficient (Wildman–Crippen LogP) is 0.867. The van der Waals surface area contributed by atoms with E-state index < -0.39 is 9.84 Å². The topological polar surface area (TPSA) is 69.7 Å². The van der Waals surface area contributed by atoms with Crippen molar-refractivity contribution >= 4 is 31.7 Å². The molecule has 6 nitrogen and oxygen atoms in total. The molecule has 1 aliphatic heterocycles. The molecule has 0 bridgehead atoms. The molecule has 0 atom stereocenters. The van der Waals surface area contributed by atoms with Crippen LogP contribution in [-0.2, 0) is 21.2 Å². The molecule has 0 radical (unpaired) electrons. The molecule has 25 heavy (non-hydrogen) atoms. The fraction of sp³-hybridized carbons (Fsp3) is 0.562. The van der Waals surface area contributed by atoms with Crippen LogP contribution in [0.5, 0.6) is 0 Å². The summed E-state index contributed by atoms with van der Waals surface area (Å²) < 4.78 is 36.7. The predicted molar refractivity (Wildman–Crippen MR) is 98.5 cm³/mol. The van der Waals surface area contributed by atoms with E-state index in [1.165, 1.54) is 6.07 Å². The molecule has 0 unspecified atom stereocenters. The molecule has 1 amide bonds. The zero-order valence-electron chi connectivity index (χ0n) is 14.2. The van der Waals surface area contributed by atoms with Crippen LogP contribution >= 0.6 is 15.9 Å². The van der Waals surface area contributed by atoms with E-state index in [9.17, 15) is 17.6 Å². The number of sulfone groups is 1. The Bertz CT molecular complexity index is 707. The lowest BCUT2D eigenvalue weighted by Crippen LogP contribution is -2.49. The quantitative estimate of drug-likeness (QED) is 0.687. The van der Waals surface area contributed by atoms with Crippen LogP contribution in [-0.4, -0.2) is 75.4 Å². The summed E-state index contributed by atoms with van der Waals surface area (Å²) in [6.45, 7) is 3.89. The van der Waals surface area contributed by atoms with Crippen molar-refractivity contribution in [3.63, 3.8) is 0 Å². The minimum absolute atomic E-state index is 0.0503. The summed E-state index contributed by atoms with van der Waals surface area (Å²) in [7, 11) is -3.06. The SMILES string of the molecule is CS(=O)(=O)CCNC(=O)CN1CCN(Cc2ccc(Br)cc2F)CC1. The van der Waals surface area contributed by atoms with Crippen LogP contribution in [0.3, 0.4) is 0 Å². The average molecular weight is 436 g/mol. The largest absolute Gasteiger partial charge is 0.354 e. The molecule has 1 aromatic rings. The Morgan fingerprint density at radius 2 is 1.88 bits per heavy atom. The van der Waals surface area contributed by atoms with Crippen LogP contribution in [0.4, 0.5) is 4.39 Å². The van der Waals surface area contributed by atoms with Gasteiger partial charge in [-0.3, -0.25) is 14.6 Å². The van der Waals surface area contributed by atoms with Crippen LogP contribution in [0.2, 0.25) is 0 Å². The summed E-state index contributed by atoms with van der Waals surface area (Å²) in [6.07, 6.45) is 1.15. The Kier molecular flexibility index (Phi) is 7.36. The fourth-order valence-electron chi connectivity index (χ4n) is 2.63. The van der Waals surface area contributed by atoms with Crippen molar-refractivity contribution in [1.82, 2.24) is 15.1 Å². The molecule has 0 saturated carbocycles. The summed E-state index contributed by atoms with van der Waals surface area (Å²) in [4.78, 5) is 16.0. The molecule has 1 fully saturated rings. The monoisotopic (exact) mass is 435 g/mol. The average Bonchev–Trinajstić information content (AvgIpc) is 2.50. The highest BCUT2D eigenvalue weighted by atomic mass is 79.9. The number of carbonyl (C=O) groups excluding carboxylic acids is 1. The first kappa shape index (κ1) is 20.3. The van der Waals surface area contributed by atoms with Gasteiger partial charge >= 0.3 is 0 Å². The van der Waals surface area contributed by atoms with Gasteiger partial charge in [-0.05, 0) is 12.1 Å². The van der Waals surface area contributed by atoms with Gasteiger partial charge in [0.05, 0.1) is 12.3 Å². The standard InChI is InChI=1S/C16H23BrFN3O3S/c1-25(23,24)9-4-19-16(22)12-21-7-5-20(6-8-21)11-13-2-3-14(17)10-15(13)18/h2-3,10H,4-9,11-12H2,1H3,(H,19,22). The second-order valence-corrected chi connectivity index (χ2v) is 9.44. The van der Waals surface area contributed by atoms with Crippen molar-refractivity contribution in [2.24, 2.45) is 0 Å². The number of carbonyl (C=O) groups is 1. The number of amides is 1. The van der Waals surface area contributed by atoms with E-state index in [-0.39, 0.29) is 30.6 Å². The van der Waals surface area contributed by atoms with E-state index in [1.54, 1.807) is 6.07 Å². The Morgan fingerprint density at radius 1 is 1.24 bits per heavy atom. The van der Waals surface area contributed by atoms with Crippen molar-refractivity contribution in [2.45, 2.75) is 6.54 Å². The minimum atomic E-state index is -3.06. The third-order valence-electron chi connectivity index (χ3n) is 4.04. The minimum Gasteiger partial charge on any atom is -0.354 e. The Hall–Kier alpha value is -1.03. The Morgan fingerprint density at radius 3 is 2.48 bits per heavy atom. The van der Waals surface area contributed by atoms with Crippen molar-refractivity contribution in [3.05, 3.63) is 34.1 Å². The first-order chi connectivity index (χ1) is 11.7. The van der Waals surface area contributed by atoms with Crippen LogP contribution in [0.25, 0.3) is 0 Å². The maximum absolute atomic E-state index is 13.9. The lowest BCUT2D eigenvalue weighted by atomic mass is 10.2. The highest BCUT2D eigenvalue weighted by molar-refractivity contribution is 9.10. The van der Waals surface area contributed by atoms with Gasteiger partial charge < -0.3 is 5.32 Å². The van der Waals surface area contributed by atoms with E-state index >= 15 is 0 Å². The first-order valence-electron chi connectivity index (χ1n) is 8.06. The van der Waals surface area contributed by atoms with E-state index in [4.69, 9.17) is 0 Å². The van der Waals surface area contributed by atoms with Gasteiger partial charge in [-0.25, -0.2) is 12.8 Å². The molecule has 0 aliphatic carbocycles. The van der Waals surface area contributed by atoms with Gasteiger partial charge in [0.1, 0.15) is 15.7 Å². The molecular formula is C16H23BrFN3O3S. The molecule has 0 aromatic heterocycles. The number of halogens is 2. The van der Waals surface area contributed by atoms with Crippen molar-refractivity contribution in [3.8, 4) is 0 Å². The third-order valence-corrected chi connectivity index (χ3v) is 5.48. The van der Waals surface area contributed by atoms with E-state index in [0.29, 0.717) is 12.1 Å². The Balaban J connectivity index is 1.71. The summed E-state index contributed by atoms with van der Waals surface area (Å²) in [5.41, 5.74) is 0.662. The molecule has 1 saturated heterocycles. The molecule has 1 heterocycles. The summed E-state index contributed by atoms with van der Waals surface area (Å²) >= 11 is 3.25. The molecule has 9 heteroatoms. The first-order valence-corrected chi connectivity index (χ1v) is 10.9. The van der Waals surface area contributed by atoms with Gasteiger partial charge in [0.25, 0.3) is 0 Å². The number of nitrogens with zero attached hydrogens (tertiary/aromatic N) is 2. The van der Waals surface area contributed by atoms with Crippen LogP contribution < -0.4 is 5.32 Å². The second kappa shape index (κ2) is 9.07. The van der Waals surface area contributed by atoms with Gasteiger partial charge in [0.15, 0.2) is 0 Å². The highest BCUT2D eigenvalue weighted by Crippen LogP contribution is 2.17. The van der Waals surface area contributed by atoms with E-state index in [1.807, 2.05) is 11.0 Å². The number of hydrogen-bond donors (Lipinski definition) is 1. The number of nitrogens with one attached hydrogen (secondary N) is 1. The van der Waals surface area contributed by atoms with E-state index in [2.05, 4.69) is 26.1 Å².